The maximum absolute atomic E-state index is 14.1. The molecule has 0 aliphatic carbocycles. The van der Waals surface area contributed by atoms with Crippen molar-refractivity contribution in [2.75, 3.05) is 11.6 Å². The lowest BCUT2D eigenvalue weighted by molar-refractivity contribution is 0.596. The summed E-state index contributed by atoms with van der Waals surface area (Å²) in [5, 5.41) is 2.89. The summed E-state index contributed by atoms with van der Waals surface area (Å²) in [7, 11) is -3.43. The summed E-state index contributed by atoms with van der Waals surface area (Å²) >= 11 is 0. The Morgan fingerprint density at radius 1 is 1.23 bits per heavy atom. The van der Waals surface area contributed by atoms with Crippen LogP contribution >= 0.6 is 0 Å². The van der Waals surface area contributed by atoms with Crippen molar-refractivity contribution in [1.29, 1.82) is 0 Å². The Hall–Kier alpha value is -2.02. The number of halogens is 1. The van der Waals surface area contributed by atoms with Crippen LogP contribution in [0, 0.1) is 12.7 Å². The molecule has 118 valence electrons. The minimum Gasteiger partial charge on any atom is -0.338 e. The first-order valence-electron chi connectivity index (χ1n) is 6.78. The average molecular weight is 323 g/mol. The molecule has 1 aromatic heterocycles. The minimum atomic E-state index is -3.43. The molecule has 0 saturated carbocycles. The molecule has 22 heavy (non-hydrogen) atoms. The number of sulfone groups is 1. The highest BCUT2D eigenvalue weighted by Crippen LogP contribution is 2.26. The van der Waals surface area contributed by atoms with Gasteiger partial charge in [0.2, 0.25) is 0 Å². The van der Waals surface area contributed by atoms with Crippen LogP contribution in [-0.4, -0.2) is 24.6 Å². The molecule has 1 aromatic carbocycles. The van der Waals surface area contributed by atoms with E-state index in [1.165, 1.54) is 18.5 Å². The highest BCUT2D eigenvalue weighted by molar-refractivity contribution is 7.90. The first-order valence-corrected chi connectivity index (χ1v) is 8.67. The van der Waals surface area contributed by atoms with Crippen LogP contribution in [-0.2, 0) is 9.84 Å². The number of hydrogen-bond donors (Lipinski definition) is 1. The zero-order chi connectivity index (χ0) is 16.5. The van der Waals surface area contributed by atoms with Gasteiger partial charge in [0.1, 0.15) is 18.0 Å². The lowest BCUT2D eigenvalue weighted by Gasteiger charge is -2.14. The molecular weight excluding hydrogens is 305 g/mol. The van der Waals surface area contributed by atoms with Crippen LogP contribution in [0.25, 0.3) is 0 Å². The van der Waals surface area contributed by atoms with Crippen LogP contribution < -0.4 is 5.32 Å². The molecule has 0 radical (unpaired) electrons. The van der Waals surface area contributed by atoms with E-state index in [0.717, 1.165) is 23.6 Å². The average Bonchev–Trinajstić information content (AvgIpc) is 2.41. The largest absolute Gasteiger partial charge is 0.338 e. The fourth-order valence-electron chi connectivity index (χ4n) is 2.13. The van der Waals surface area contributed by atoms with Crippen LogP contribution in [0.5, 0.6) is 0 Å². The van der Waals surface area contributed by atoms with E-state index in [2.05, 4.69) is 15.3 Å². The first-order chi connectivity index (χ1) is 10.2. The Bertz CT molecular complexity index is 804. The third kappa shape index (κ3) is 3.41. The van der Waals surface area contributed by atoms with Crippen molar-refractivity contribution in [1.82, 2.24) is 9.97 Å². The molecular formula is C15H18FN3O2S. The fraction of sp³-hybridized carbons (Fsp3) is 0.333. The second-order valence-electron chi connectivity index (χ2n) is 5.43. The predicted octanol–water partition coefficient (Wildman–Crippen LogP) is 3.19. The Morgan fingerprint density at radius 2 is 1.91 bits per heavy atom. The Balaban J connectivity index is 2.38. The summed E-state index contributed by atoms with van der Waals surface area (Å²) in [5.41, 5.74) is 1.89. The maximum atomic E-state index is 14.1. The zero-order valence-corrected chi connectivity index (χ0v) is 13.7. The number of nitrogens with one attached hydrogen (secondary N) is 1. The lowest BCUT2D eigenvalue weighted by atomic mass is 10.1. The van der Waals surface area contributed by atoms with Crippen molar-refractivity contribution in [2.45, 2.75) is 31.6 Å². The summed E-state index contributed by atoms with van der Waals surface area (Å²) in [6.07, 6.45) is 2.46. The van der Waals surface area contributed by atoms with Gasteiger partial charge in [-0.05, 0) is 31.0 Å². The molecule has 0 unspecified atom stereocenters. The van der Waals surface area contributed by atoms with Gasteiger partial charge in [-0.1, -0.05) is 13.8 Å². The molecule has 2 aromatic rings. The van der Waals surface area contributed by atoms with Gasteiger partial charge < -0.3 is 5.32 Å². The number of rotatable bonds is 4. The summed E-state index contributed by atoms with van der Waals surface area (Å²) in [5.74, 6) is 0.0812. The fourth-order valence-corrected chi connectivity index (χ4v) is 2.76. The summed E-state index contributed by atoms with van der Waals surface area (Å²) in [6.45, 7) is 5.89. The smallest absolute Gasteiger partial charge is 0.175 e. The highest BCUT2D eigenvalue weighted by atomic mass is 32.2. The molecule has 0 fully saturated rings. The molecule has 0 aliphatic rings. The minimum absolute atomic E-state index is 0.0576. The number of hydrogen-bond acceptors (Lipinski definition) is 5. The Morgan fingerprint density at radius 3 is 2.45 bits per heavy atom. The number of anilines is 2. The third-order valence-electron chi connectivity index (χ3n) is 3.29. The van der Waals surface area contributed by atoms with Crippen LogP contribution in [0.2, 0.25) is 0 Å². The number of benzene rings is 1. The highest BCUT2D eigenvalue weighted by Gasteiger charge is 2.14. The van der Waals surface area contributed by atoms with Gasteiger partial charge >= 0.3 is 0 Å². The van der Waals surface area contributed by atoms with Gasteiger partial charge in [0, 0.05) is 11.8 Å². The van der Waals surface area contributed by atoms with E-state index < -0.39 is 15.7 Å². The van der Waals surface area contributed by atoms with Crippen molar-refractivity contribution < 1.29 is 12.8 Å². The molecule has 0 amide bonds. The lowest BCUT2D eigenvalue weighted by Crippen LogP contribution is -2.05. The SMILES string of the molecule is Cc1c(Nc2ccc(S(C)(=O)=O)cc2F)ncnc1C(C)C. The van der Waals surface area contributed by atoms with Gasteiger partial charge in [-0.25, -0.2) is 22.8 Å². The second-order valence-corrected chi connectivity index (χ2v) is 7.44. The second kappa shape index (κ2) is 6.00. The molecule has 0 aliphatic heterocycles. The normalized spacial score (nSPS) is 11.7. The molecule has 7 heteroatoms. The maximum Gasteiger partial charge on any atom is 0.175 e. The van der Waals surface area contributed by atoms with Gasteiger partial charge in [-0.2, -0.15) is 0 Å². The van der Waals surface area contributed by atoms with Gasteiger partial charge in [0.25, 0.3) is 0 Å². The van der Waals surface area contributed by atoms with Crippen LogP contribution in [0.4, 0.5) is 15.9 Å². The van der Waals surface area contributed by atoms with E-state index in [0.29, 0.717) is 5.82 Å². The predicted molar refractivity (Wildman–Crippen MR) is 83.7 cm³/mol. The number of aromatic nitrogens is 2. The van der Waals surface area contributed by atoms with E-state index in [1.54, 1.807) is 0 Å². The van der Waals surface area contributed by atoms with Gasteiger partial charge in [-0.15, -0.1) is 0 Å². The van der Waals surface area contributed by atoms with Gasteiger partial charge in [0.05, 0.1) is 16.3 Å². The molecule has 2 rings (SSSR count). The van der Waals surface area contributed by atoms with Crippen LogP contribution in [0.1, 0.15) is 31.0 Å². The van der Waals surface area contributed by atoms with E-state index in [4.69, 9.17) is 0 Å². The Kier molecular flexibility index (Phi) is 4.46. The summed E-state index contributed by atoms with van der Waals surface area (Å²) < 4.78 is 36.9. The standard InChI is InChI=1S/C15H18FN3O2S/c1-9(2)14-10(3)15(18-8-17-14)19-13-6-5-11(7-12(13)16)22(4,20)21/h5-9H,1-4H3,(H,17,18,19). The topological polar surface area (TPSA) is 72.0 Å². The molecule has 0 bridgehead atoms. The van der Waals surface area contributed by atoms with Crippen molar-refractivity contribution in [3.8, 4) is 0 Å². The Labute approximate surface area is 129 Å². The van der Waals surface area contributed by atoms with Crippen LogP contribution in [0.3, 0.4) is 0 Å². The molecule has 0 spiro atoms. The summed E-state index contributed by atoms with van der Waals surface area (Å²) in [6, 6.07) is 3.75. The van der Waals surface area contributed by atoms with Crippen LogP contribution in [0.15, 0.2) is 29.4 Å². The van der Waals surface area contributed by atoms with Crippen molar-refractivity contribution in [3.05, 3.63) is 41.6 Å². The molecule has 1 N–H and O–H groups in total. The molecule has 5 nitrogen and oxygen atoms in total. The molecule has 0 atom stereocenters. The van der Waals surface area contributed by atoms with E-state index >= 15 is 0 Å². The van der Waals surface area contributed by atoms with Crippen molar-refractivity contribution >= 4 is 21.3 Å². The zero-order valence-electron chi connectivity index (χ0n) is 12.9. The first kappa shape index (κ1) is 16.4. The van der Waals surface area contributed by atoms with E-state index in [-0.39, 0.29) is 16.5 Å². The molecule has 0 saturated heterocycles. The number of nitrogens with zero attached hydrogens (tertiary/aromatic N) is 2. The third-order valence-corrected chi connectivity index (χ3v) is 4.40. The molecule has 1 heterocycles. The van der Waals surface area contributed by atoms with Gasteiger partial charge in [0.15, 0.2) is 9.84 Å². The summed E-state index contributed by atoms with van der Waals surface area (Å²) in [4.78, 5) is 8.29. The van der Waals surface area contributed by atoms with E-state index in [1.807, 2.05) is 20.8 Å². The van der Waals surface area contributed by atoms with Gasteiger partial charge in [-0.3, -0.25) is 0 Å². The van der Waals surface area contributed by atoms with E-state index in [9.17, 15) is 12.8 Å². The van der Waals surface area contributed by atoms with Crippen molar-refractivity contribution in [3.63, 3.8) is 0 Å². The van der Waals surface area contributed by atoms with Crippen molar-refractivity contribution in [2.24, 2.45) is 0 Å². The quantitative estimate of drug-likeness (QED) is 0.935. The monoisotopic (exact) mass is 323 g/mol.